The minimum Gasteiger partial charge on any atom is -0.341 e. The Labute approximate surface area is 62.2 Å². The second kappa shape index (κ2) is 2.21. The van der Waals surface area contributed by atoms with Gasteiger partial charge in [0.05, 0.1) is 5.60 Å². The summed E-state index contributed by atoms with van der Waals surface area (Å²) in [6, 6.07) is 0. The summed E-state index contributed by atoms with van der Waals surface area (Å²) in [7, 11) is 0. The summed E-state index contributed by atoms with van der Waals surface area (Å²) in [6.07, 6.45) is 2.40. The number of rotatable bonds is 1. The molecule has 1 fully saturated rings. The number of hydrogen-bond donors (Lipinski definition) is 0. The van der Waals surface area contributed by atoms with E-state index >= 15 is 0 Å². The minimum atomic E-state index is -1.04. The summed E-state index contributed by atoms with van der Waals surface area (Å²) >= 11 is 0. The third kappa shape index (κ3) is 1.96. The lowest BCUT2D eigenvalue weighted by molar-refractivity contribution is -0.317. The van der Waals surface area contributed by atoms with Crippen molar-refractivity contribution in [1.29, 1.82) is 0 Å². The highest BCUT2D eigenvalue weighted by atomic mass is 16.6. The topological polar surface area (TPSA) is 29.1 Å². The van der Waals surface area contributed by atoms with Crippen LogP contribution in [0.1, 0.15) is 40.0 Å². The van der Waals surface area contributed by atoms with Gasteiger partial charge >= 0.3 is 0 Å². The van der Waals surface area contributed by atoms with Crippen LogP contribution in [-0.2, 0) is 9.84 Å². The van der Waals surface area contributed by atoms with Crippen LogP contribution in [0.4, 0.5) is 0 Å². The van der Waals surface area contributed by atoms with Crippen LogP contribution < -0.4 is 0 Å². The molecule has 2 nitrogen and oxygen atoms in total. The number of ether oxygens (including phenoxy) is 1. The maximum atomic E-state index is 11.4. The van der Waals surface area contributed by atoms with E-state index in [2.05, 4.69) is 0 Å². The van der Waals surface area contributed by atoms with Crippen molar-refractivity contribution in [2.24, 2.45) is 0 Å². The van der Waals surface area contributed by atoms with Crippen molar-refractivity contribution in [2.75, 3.05) is 0 Å². The quantitative estimate of drug-likeness (QED) is 0.517. The van der Waals surface area contributed by atoms with E-state index in [0.717, 1.165) is 6.42 Å². The van der Waals surface area contributed by atoms with Gasteiger partial charge in [-0.1, -0.05) is 0 Å². The molecule has 0 heterocycles. The SMILES string of the molecule is CC(C)(C)OC1([O])CCC1. The Balaban J connectivity index is 2.37. The van der Waals surface area contributed by atoms with E-state index < -0.39 is 5.79 Å². The Kier molecular flexibility index (Phi) is 1.77. The van der Waals surface area contributed by atoms with Gasteiger partial charge in [-0.3, -0.25) is 0 Å². The predicted octanol–water partition coefficient (Wildman–Crippen LogP) is 2.11. The van der Waals surface area contributed by atoms with E-state index in [-0.39, 0.29) is 5.60 Å². The molecule has 0 amide bonds. The molecule has 0 aromatic rings. The lowest BCUT2D eigenvalue weighted by Gasteiger charge is -2.39. The molecule has 2 heteroatoms. The first-order valence-electron chi connectivity index (χ1n) is 3.82. The zero-order valence-corrected chi connectivity index (χ0v) is 6.94. The van der Waals surface area contributed by atoms with Gasteiger partial charge in [-0.05, 0) is 27.2 Å². The highest BCUT2D eigenvalue weighted by Gasteiger charge is 2.40. The Morgan fingerprint density at radius 3 is 1.90 bits per heavy atom. The van der Waals surface area contributed by atoms with Crippen molar-refractivity contribution in [3.8, 4) is 0 Å². The summed E-state index contributed by atoms with van der Waals surface area (Å²) in [5.74, 6) is -1.04. The first-order valence-corrected chi connectivity index (χ1v) is 3.82. The van der Waals surface area contributed by atoms with Crippen LogP contribution in [0, 0.1) is 0 Å². The van der Waals surface area contributed by atoms with E-state index in [0.29, 0.717) is 12.8 Å². The van der Waals surface area contributed by atoms with Crippen LogP contribution in [0.15, 0.2) is 0 Å². The van der Waals surface area contributed by atoms with Crippen molar-refractivity contribution in [3.63, 3.8) is 0 Å². The maximum absolute atomic E-state index is 11.4. The largest absolute Gasteiger partial charge is 0.341 e. The molecule has 59 valence electrons. The van der Waals surface area contributed by atoms with Crippen molar-refractivity contribution in [2.45, 2.75) is 51.4 Å². The second-order valence-electron chi connectivity index (χ2n) is 3.98. The van der Waals surface area contributed by atoms with Crippen LogP contribution in [0.2, 0.25) is 0 Å². The molecule has 0 spiro atoms. The standard InChI is InChI=1S/C8H15O2/c1-7(2,3)10-8(9)5-4-6-8/h4-6H2,1-3H3. The molecule has 0 aromatic carbocycles. The Hall–Kier alpha value is -0.0800. The van der Waals surface area contributed by atoms with E-state index in [1.807, 2.05) is 20.8 Å². The molecule has 0 aliphatic heterocycles. The molecule has 0 N–H and O–H groups in total. The fraction of sp³-hybridized carbons (Fsp3) is 1.00. The fourth-order valence-corrected chi connectivity index (χ4v) is 1.13. The Morgan fingerprint density at radius 1 is 1.30 bits per heavy atom. The molecular formula is C8H15O2. The molecule has 1 radical (unpaired) electrons. The molecule has 1 rings (SSSR count). The molecular weight excluding hydrogens is 128 g/mol. The van der Waals surface area contributed by atoms with Crippen molar-refractivity contribution in [3.05, 3.63) is 0 Å². The van der Waals surface area contributed by atoms with Gasteiger partial charge in [0.1, 0.15) is 0 Å². The summed E-state index contributed by atoms with van der Waals surface area (Å²) < 4.78 is 5.31. The van der Waals surface area contributed by atoms with Gasteiger partial charge in [0.15, 0.2) is 0 Å². The molecule has 1 saturated carbocycles. The summed E-state index contributed by atoms with van der Waals surface area (Å²) in [4.78, 5) is 0. The molecule has 1 aliphatic rings. The van der Waals surface area contributed by atoms with Crippen LogP contribution in [0.5, 0.6) is 0 Å². The fourth-order valence-electron chi connectivity index (χ4n) is 1.13. The molecule has 1 aliphatic carbocycles. The van der Waals surface area contributed by atoms with Gasteiger partial charge in [0, 0.05) is 12.8 Å². The lowest BCUT2D eigenvalue weighted by atomic mass is 9.91. The Morgan fingerprint density at radius 2 is 1.80 bits per heavy atom. The Bertz CT molecular complexity index is 120. The molecule has 10 heavy (non-hydrogen) atoms. The molecule has 0 unspecified atom stereocenters. The van der Waals surface area contributed by atoms with E-state index in [1.54, 1.807) is 0 Å². The lowest BCUT2D eigenvalue weighted by Crippen LogP contribution is -2.44. The first kappa shape index (κ1) is 8.02. The van der Waals surface area contributed by atoms with Gasteiger partial charge in [-0.15, -0.1) is 0 Å². The number of hydrogen-bond acceptors (Lipinski definition) is 1. The van der Waals surface area contributed by atoms with Gasteiger partial charge in [0.25, 0.3) is 0 Å². The summed E-state index contributed by atoms with van der Waals surface area (Å²) in [5.41, 5.74) is -0.276. The first-order chi connectivity index (χ1) is 4.41. The van der Waals surface area contributed by atoms with E-state index in [4.69, 9.17) is 4.74 Å². The van der Waals surface area contributed by atoms with Gasteiger partial charge in [-0.2, -0.15) is 5.11 Å². The highest BCUT2D eigenvalue weighted by molar-refractivity contribution is 4.80. The van der Waals surface area contributed by atoms with Crippen LogP contribution in [-0.4, -0.2) is 11.4 Å². The van der Waals surface area contributed by atoms with Gasteiger partial charge in [-0.25, -0.2) is 0 Å². The third-order valence-corrected chi connectivity index (χ3v) is 1.61. The average molecular weight is 143 g/mol. The zero-order chi connectivity index (χ0) is 7.83. The van der Waals surface area contributed by atoms with Crippen LogP contribution >= 0.6 is 0 Å². The molecule has 0 bridgehead atoms. The summed E-state index contributed by atoms with van der Waals surface area (Å²) in [5, 5.41) is 11.4. The van der Waals surface area contributed by atoms with E-state index in [1.165, 1.54) is 0 Å². The molecule has 0 aromatic heterocycles. The normalized spacial score (nSPS) is 24.0. The van der Waals surface area contributed by atoms with Crippen molar-refractivity contribution in [1.82, 2.24) is 0 Å². The maximum Gasteiger partial charge on any atom is 0.202 e. The van der Waals surface area contributed by atoms with Crippen molar-refractivity contribution >= 4 is 0 Å². The minimum absolute atomic E-state index is 0.276. The third-order valence-electron chi connectivity index (χ3n) is 1.61. The van der Waals surface area contributed by atoms with Crippen LogP contribution in [0.25, 0.3) is 0 Å². The highest BCUT2D eigenvalue weighted by Crippen LogP contribution is 2.36. The molecule has 0 saturated heterocycles. The monoisotopic (exact) mass is 143 g/mol. The zero-order valence-electron chi connectivity index (χ0n) is 6.94. The second-order valence-corrected chi connectivity index (χ2v) is 3.98. The van der Waals surface area contributed by atoms with Gasteiger partial charge in [0.2, 0.25) is 5.79 Å². The summed E-state index contributed by atoms with van der Waals surface area (Å²) in [6.45, 7) is 5.76. The molecule has 0 atom stereocenters. The van der Waals surface area contributed by atoms with Crippen molar-refractivity contribution < 1.29 is 9.84 Å². The van der Waals surface area contributed by atoms with E-state index in [9.17, 15) is 5.11 Å². The predicted molar refractivity (Wildman–Crippen MR) is 38.1 cm³/mol. The average Bonchev–Trinajstić information content (AvgIpc) is 1.57. The van der Waals surface area contributed by atoms with Gasteiger partial charge < -0.3 is 4.74 Å². The smallest absolute Gasteiger partial charge is 0.202 e. The van der Waals surface area contributed by atoms with Crippen LogP contribution in [0.3, 0.4) is 0 Å².